The standard InChI is InChI=1S/C28H23ClN2O3/c1-33-22-16-12-21(13-17-22)31-27(30-26-9-5-3-7-24(26)28(31)32)19-10-14-23(15-11-19)34-18-20-6-2-4-8-25(20)29/h2-17,27,30H,18H2,1H3/t27-/m1/s1. The van der Waals surface area contributed by atoms with Gasteiger partial charge in [0.2, 0.25) is 0 Å². The number of para-hydroxylation sites is 1. The maximum absolute atomic E-state index is 13.5. The van der Waals surface area contributed by atoms with E-state index in [-0.39, 0.29) is 12.1 Å². The van der Waals surface area contributed by atoms with E-state index in [0.717, 1.165) is 34.0 Å². The van der Waals surface area contributed by atoms with Crippen molar-refractivity contribution in [2.45, 2.75) is 12.8 Å². The highest BCUT2D eigenvalue weighted by atomic mass is 35.5. The molecular weight excluding hydrogens is 448 g/mol. The number of halogens is 1. The highest BCUT2D eigenvalue weighted by molar-refractivity contribution is 6.31. The maximum Gasteiger partial charge on any atom is 0.262 e. The molecule has 0 aromatic heterocycles. The van der Waals surface area contributed by atoms with E-state index in [4.69, 9.17) is 21.1 Å². The van der Waals surface area contributed by atoms with Gasteiger partial charge in [0.25, 0.3) is 5.91 Å². The van der Waals surface area contributed by atoms with E-state index in [1.165, 1.54) is 0 Å². The molecule has 34 heavy (non-hydrogen) atoms. The molecule has 6 heteroatoms. The lowest BCUT2D eigenvalue weighted by molar-refractivity contribution is 0.0975. The predicted molar refractivity (Wildman–Crippen MR) is 135 cm³/mol. The zero-order valence-corrected chi connectivity index (χ0v) is 19.3. The number of carbonyl (C=O) groups excluding carboxylic acids is 1. The molecule has 1 aliphatic heterocycles. The highest BCUT2D eigenvalue weighted by Crippen LogP contribution is 2.37. The van der Waals surface area contributed by atoms with Gasteiger partial charge in [0, 0.05) is 22.0 Å². The van der Waals surface area contributed by atoms with Crippen LogP contribution in [0.4, 0.5) is 11.4 Å². The third-order valence-corrected chi connectivity index (χ3v) is 6.19. The molecular formula is C28H23ClN2O3. The first-order valence-electron chi connectivity index (χ1n) is 10.9. The van der Waals surface area contributed by atoms with Gasteiger partial charge in [-0.05, 0) is 60.2 Å². The molecule has 170 valence electrons. The molecule has 0 spiro atoms. The van der Waals surface area contributed by atoms with Crippen molar-refractivity contribution in [1.29, 1.82) is 0 Å². The third kappa shape index (κ3) is 4.30. The van der Waals surface area contributed by atoms with E-state index in [1.807, 2.05) is 97.1 Å². The molecule has 0 bridgehead atoms. The van der Waals surface area contributed by atoms with Crippen LogP contribution in [0.15, 0.2) is 97.1 Å². The van der Waals surface area contributed by atoms with Crippen LogP contribution in [0, 0.1) is 0 Å². The van der Waals surface area contributed by atoms with Crippen LogP contribution in [0.1, 0.15) is 27.7 Å². The van der Waals surface area contributed by atoms with Gasteiger partial charge in [-0.3, -0.25) is 9.69 Å². The molecule has 1 atom stereocenters. The second kappa shape index (κ2) is 9.49. The highest BCUT2D eigenvalue weighted by Gasteiger charge is 2.34. The van der Waals surface area contributed by atoms with Crippen LogP contribution in [0.2, 0.25) is 5.02 Å². The number of nitrogens with one attached hydrogen (secondary N) is 1. The Balaban J connectivity index is 1.43. The lowest BCUT2D eigenvalue weighted by Gasteiger charge is -2.38. The fraction of sp³-hybridized carbons (Fsp3) is 0.107. The second-order valence-corrected chi connectivity index (χ2v) is 8.32. The van der Waals surface area contributed by atoms with Crippen molar-refractivity contribution < 1.29 is 14.3 Å². The largest absolute Gasteiger partial charge is 0.497 e. The Bertz CT molecular complexity index is 1310. The van der Waals surface area contributed by atoms with Crippen molar-refractivity contribution in [2.24, 2.45) is 0 Å². The van der Waals surface area contributed by atoms with Crippen LogP contribution >= 0.6 is 11.6 Å². The minimum atomic E-state index is -0.381. The Labute approximate surface area is 203 Å². The summed E-state index contributed by atoms with van der Waals surface area (Å²) in [7, 11) is 1.62. The molecule has 1 heterocycles. The average molecular weight is 471 g/mol. The average Bonchev–Trinajstić information content (AvgIpc) is 2.89. The zero-order chi connectivity index (χ0) is 23.5. The first-order chi connectivity index (χ1) is 16.6. The first-order valence-corrected chi connectivity index (χ1v) is 11.3. The van der Waals surface area contributed by atoms with Crippen LogP contribution in [0.25, 0.3) is 0 Å². The van der Waals surface area contributed by atoms with Gasteiger partial charge in [0.1, 0.15) is 24.3 Å². The van der Waals surface area contributed by atoms with Gasteiger partial charge in [-0.2, -0.15) is 0 Å². The number of hydrogen-bond donors (Lipinski definition) is 1. The molecule has 1 aliphatic rings. The van der Waals surface area contributed by atoms with Crippen molar-refractivity contribution in [3.05, 3.63) is 119 Å². The molecule has 0 unspecified atom stereocenters. The summed E-state index contributed by atoms with van der Waals surface area (Å²) in [5.41, 5.74) is 4.08. The van der Waals surface area contributed by atoms with Gasteiger partial charge >= 0.3 is 0 Å². The fourth-order valence-electron chi connectivity index (χ4n) is 4.02. The van der Waals surface area contributed by atoms with Gasteiger partial charge in [0.15, 0.2) is 0 Å². The van der Waals surface area contributed by atoms with Crippen LogP contribution in [-0.2, 0) is 6.61 Å². The van der Waals surface area contributed by atoms with E-state index in [9.17, 15) is 4.79 Å². The van der Waals surface area contributed by atoms with Crippen LogP contribution in [0.3, 0.4) is 0 Å². The minimum absolute atomic E-state index is 0.0661. The lowest BCUT2D eigenvalue weighted by atomic mass is 10.0. The van der Waals surface area contributed by atoms with Gasteiger partial charge in [-0.1, -0.05) is 54.1 Å². The number of ether oxygens (including phenoxy) is 2. The molecule has 4 aromatic carbocycles. The molecule has 1 amide bonds. The molecule has 5 nitrogen and oxygen atoms in total. The number of amides is 1. The topological polar surface area (TPSA) is 50.8 Å². The summed E-state index contributed by atoms with van der Waals surface area (Å²) in [6.45, 7) is 0.379. The number of fused-ring (bicyclic) bond motifs is 1. The number of carbonyl (C=O) groups is 1. The maximum atomic E-state index is 13.5. The van der Waals surface area contributed by atoms with Gasteiger partial charge < -0.3 is 14.8 Å². The molecule has 5 rings (SSSR count). The summed E-state index contributed by atoms with van der Waals surface area (Å²) < 4.78 is 11.2. The SMILES string of the molecule is COc1ccc(N2C(=O)c3ccccc3N[C@H]2c2ccc(OCc3ccccc3Cl)cc2)cc1. The van der Waals surface area contributed by atoms with Crippen molar-refractivity contribution in [3.63, 3.8) is 0 Å². The van der Waals surface area contributed by atoms with Crippen molar-refractivity contribution in [1.82, 2.24) is 0 Å². The number of methoxy groups -OCH3 is 1. The van der Waals surface area contributed by atoms with Gasteiger partial charge in [-0.25, -0.2) is 0 Å². The Morgan fingerprint density at radius 1 is 0.853 bits per heavy atom. The molecule has 0 fully saturated rings. The Hall–Kier alpha value is -3.96. The molecule has 1 N–H and O–H groups in total. The fourth-order valence-corrected chi connectivity index (χ4v) is 4.21. The summed E-state index contributed by atoms with van der Waals surface area (Å²) in [6, 6.07) is 30.4. The Kier molecular flexibility index (Phi) is 6.11. The normalized spacial score (nSPS) is 14.8. The molecule has 0 radical (unpaired) electrons. The predicted octanol–water partition coefficient (Wildman–Crippen LogP) is 6.70. The summed E-state index contributed by atoms with van der Waals surface area (Å²) in [5.74, 6) is 1.39. The number of rotatable bonds is 6. The monoisotopic (exact) mass is 470 g/mol. The number of anilines is 2. The van der Waals surface area contributed by atoms with Crippen molar-refractivity contribution in [2.75, 3.05) is 17.3 Å². The van der Waals surface area contributed by atoms with Gasteiger partial charge in [-0.15, -0.1) is 0 Å². The van der Waals surface area contributed by atoms with Crippen LogP contribution in [0.5, 0.6) is 11.5 Å². The minimum Gasteiger partial charge on any atom is -0.497 e. The quantitative estimate of drug-likeness (QED) is 0.340. The lowest BCUT2D eigenvalue weighted by Crippen LogP contribution is -2.43. The number of benzene rings is 4. The number of hydrogen-bond acceptors (Lipinski definition) is 4. The first kappa shape index (κ1) is 21.9. The van der Waals surface area contributed by atoms with E-state index in [0.29, 0.717) is 17.2 Å². The zero-order valence-electron chi connectivity index (χ0n) is 18.6. The van der Waals surface area contributed by atoms with E-state index >= 15 is 0 Å². The van der Waals surface area contributed by atoms with E-state index in [2.05, 4.69) is 5.32 Å². The summed E-state index contributed by atoms with van der Waals surface area (Å²) >= 11 is 6.23. The van der Waals surface area contributed by atoms with Crippen LogP contribution in [-0.4, -0.2) is 13.0 Å². The smallest absolute Gasteiger partial charge is 0.262 e. The summed E-state index contributed by atoms with van der Waals surface area (Å²) in [6.07, 6.45) is -0.381. The summed E-state index contributed by atoms with van der Waals surface area (Å²) in [4.78, 5) is 15.3. The molecule has 0 aliphatic carbocycles. The summed E-state index contributed by atoms with van der Waals surface area (Å²) in [5, 5.41) is 4.20. The molecule has 0 saturated heterocycles. The van der Waals surface area contributed by atoms with Crippen molar-refractivity contribution >= 4 is 28.9 Å². The molecule has 4 aromatic rings. The third-order valence-electron chi connectivity index (χ3n) is 5.83. The number of nitrogens with zero attached hydrogens (tertiary/aromatic N) is 1. The van der Waals surface area contributed by atoms with Gasteiger partial charge in [0.05, 0.1) is 12.7 Å². The van der Waals surface area contributed by atoms with Crippen LogP contribution < -0.4 is 19.7 Å². The molecule has 0 saturated carbocycles. The second-order valence-electron chi connectivity index (χ2n) is 7.91. The van der Waals surface area contributed by atoms with E-state index in [1.54, 1.807) is 12.0 Å². The van der Waals surface area contributed by atoms with Crippen molar-refractivity contribution in [3.8, 4) is 11.5 Å². The van der Waals surface area contributed by atoms with E-state index < -0.39 is 0 Å². The Morgan fingerprint density at radius 3 is 2.26 bits per heavy atom. The Morgan fingerprint density at radius 2 is 1.53 bits per heavy atom.